The molecule has 0 aliphatic heterocycles. The predicted molar refractivity (Wildman–Crippen MR) is 51.9 cm³/mol. The molecular formula is C8H10BrMgNO2S. The molecule has 0 atom stereocenters. The van der Waals surface area contributed by atoms with Crippen LogP contribution in [0.3, 0.4) is 0 Å². The van der Waals surface area contributed by atoms with Crippen LogP contribution in [0.5, 0.6) is 0 Å². The van der Waals surface area contributed by atoms with Gasteiger partial charge in [-0.15, -0.1) is 0 Å². The van der Waals surface area contributed by atoms with E-state index in [0.29, 0.717) is 4.90 Å². The Balaban J connectivity index is 0. The van der Waals surface area contributed by atoms with Crippen molar-refractivity contribution in [2.24, 2.45) is 0 Å². The molecule has 0 saturated heterocycles. The van der Waals surface area contributed by atoms with Crippen molar-refractivity contribution < 1.29 is 25.4 Å². The summed E-state index contributed by atoms with van der Waals surface area (Å²) in [7, 11) is -0.252. The average molecular weight is 288 g/mol. The first kappa shape index (κ1) is 16.8. The van der Waals surface area contributed by atoms with E-state index in [1.165, 1.54) is 30.5 Å². The van der Waals surface area contributed by atoms with Crippen LogP contribution in [0.25, 0.3) is 0 Å². The Hall–Kier alpha value is 0.376. The second kappa shape index (κ2) is 6.79. The van der Waals surface area contributed by atoms with Crippen molar-refractivity contribution in [1.82, 2.24) is 4.31 Å². The monoisotopic (exact) mass is 287 g/mol. The van der Waals surface area contributed by atoms with E-state index in [9.17, 15) is 8.42 Å². The van der Waals surface area contributed by atoms with Gasteiger partial charge in [-0.3, -0.25) is 0 Å². The molecule has 74 valence electrons. The maximum Gasteiger partial charge on any atom is 2.00 e. The van der Waals surface area contributed by atoms with Crippen molar-refractivity contribution in [3.8, 4) is 0 Å². The minimum absolute atomic E-state index is 0. The van der Waals surface area contributed by atoms with Gasteiger partial charge in [0.05, 0.1) is 0 Å². The van der Waals surface area contributed by atoms with Gasteiger partial charge in [0.25, 0.3) is 0 Å². The van der Waals surface area contributed by atoms with Crippen molar-refractivity contribution in [2.45, 2.75) is 4.90 Å². The Labute approximate surface area is 111 Å². The van der Waals surface area contributed by atoms with E-state index in [0.717, 1.165) is 0 Å². The number of nitrogens with zero attached hydrogens (tertiary/aromatic N) is 1. The topological polar surface area (TPSA) is 37.4 Å². The average Bonchev–Trinajstić information content (AvgIpc) is 2.06. The van der Waals surface area contributed by atoms with Gasteiger partial charge in [0.15, 0.2) is 0 Å². The fourth-order valence-electron chi connectivity index (χ4n) is 0.754. The van der Waals surface area contributed by atoms with Gasteiger partial charge in [-0.05, 0) is 4.90 Å². The van der Waals surface area contributed by atoms with Gasteiger partial charge in [-0.2, -0.15) is 30.3 Å². The maximum atomic E-state index is 11.4. The molecule has 0 bridgehead atoms. The Bertz CT molecular complexity index is 353. The minimum atomic E-state index is -3.26. The molecule has 0 saturated carbocycles. The summed E-state index contributed by atoms with van der Waals surface area (Å²) in [4.78, 5) is 0.297. The van der Waals surface area contributed by atoms with Gasteiger partial charge in [0.2, 0.25) is 10.0 Å². The molecule has 0 heterocycles. The van der Waals surface area contributed by atoms with E-state index in [1.54, 1.807) is 12.1 Å². The smallest absolute Gasteiger partial charge is 1.00 e. The van der Waals surface area contributed by atoms with Crippen LogP contribution in [-0.2, 0) is 10.0 Å². The van der Waals surface area contributed by atoms with Crippen LogP contribution in [0.4, 0.5) is 0 Å². The predicted octanol–water partition coefficient (Wildman–Crippen LogP) is -2.64. The van der Waals surface area contributed by atoms with Gasteiger partial charge in [-0.1, -0.05) is 0 Å². The first-order valence-corrected chi connectivity index (χ1v) is 4.88. The van der Waals surface area contributed by atoms with E-state index in [1.807, 2.05) is 0 Å². The molecule has 14 heavy (non-hydrogen) atoms. The second-order valence-corrected chi connectivity index (χ2v) is 4.67. The zero-order chi connectivity index (χ0) is 9.19. The van der Waals surface area contributed by atoms with Crippen LogP contribution in [0, 0.1) is 6.07 Å². The normalized spacial score (nSPS) is 10.2. The van der Waals surface area contributed by atoms with E-state index in [4.69, 9.17) is 0 Å². The summed E-state index contributed by atoms with van der Waals surface area (Å²) in [5, 5.41) is 0. The Morgan fingerprint density at radius 3 is 2.00 bits per heavy atom. The van der Waals surface area contributed by atoms with Crippen LogP contribution < -0.4 is 17.0 Å². The third-order valence-electron chi connectivity index (χ3n) is 1.47. The number of halogens is 1. The summed E-state index contributed by atoms with van der Waals surface area (Å²) in [6.07, 6.45) is 0. The Kier molecular flexibility index (Phi) is 8.14. The Morgan fingerprint density at radius 1 is 1.21 bits per heavy atom. The molecular weight excluding hydrogens is 278 g/mol. The largest absolute Gasteiger partial charge is 2.00 e. The molecule has 0 amide bonds. The quantitative estimate of drug-likeness (QED) is 0.441. The summed E-state index contributed by atoms with van der Waals surface area (Å²) in [6.45, 7) is 0. The van der Waals surface area contributed by atoms with Crippen molar-refractivity contribution in [1.29, 1.82) is 0 Å². The van der Waals surface area contributed by atoms with Crippen molar-refractivity contribution >= 4 is 33.1 Å². The van der Waals surface area contributed by atoms with Gasteiger partial charge in [0.1, 0.15) is 0 Å². The summed E-state index contributed by atoms with van der Waals surface area (Å²) in [5.41, 5.74) is 0. The SMILES string of the molecule is CN(C)S(=O)(=O)c1cc[c-]cc1.[Br-].[Mg+2]. The third-order valence-corrected chi connectivity index (χ3v) is 3.30. The standard InChI is InChI=1S/C8H10NO2S.BrH.Mg/c1-9(2)12(10,11)8-6-4-3-5-7-8;;/h4-7H,1-2H3;1H;/q-1;;+2/p-1. The van der Waals surface area contributed by atoms with Crippen LogP contribution in [0.15, 0.2) is 29.2 Å². The summed E-state index contributed by atoms with van der Waals surface area (Å²) >= 11 is 0. The molecule has 0 fully saturated rings. The molecule has 3 nitrogen and oxygen atoms in total. The van der Waals surface area contributed by atoms with Crippen LogP contribution in [-0.4, -0.2) is 49.9 Å². The van der Waals surface area contributed by atoms with Crippen LogP contribution in [0.2, 0.25) is 0 Å². The zero-order valence-corrected chi connectivity index (χ0v) is 11.9. The van der Waals surface area contributed by atoms with Crippen LogP contribution >= 0.6 is 0 Å². The van der Waals surface area contributed by atoms with Gasteiger partial charge < -0.3 is 17.0 Å². The molecule has 0 spiro atoms. The first-order valence-electron chi connectivity index (χ1n) is 3.44. The Morgan fingerprint density at radius 2 is 1.64 bits per heavy atom. The summed E-state index contributed by atoms with van der Waals surface area (Å²) < 4.78 is 24.1. The van der Waals surface area contributed by atoms with E-state index in [-0.39, 0.29) is 40.0 Å². The van der Waals surface area contributed by atoms with Gasteiger partial charge in [0, 0.05) is 14.1 Å². The number of hydrogen-bond acceptors (Lipinski definition) is 2. The fraction of sp³-hybridized carbons (Fsp3) is 0.250. The third kappa shape index (κ3) is 3.86. The van der Waals surface area contributed by atoms with Crippen molar-refractivity contribution in [2.75, 3.05) is 14.1 Å². The molecule has 1 aromatic rings. The van der Waals surface area contributed by atoms with Gasteiger partial charge in [-0.25, -0.2) is 12.7 Å². The molecule has 0 aliphatic rings. The summed E-state index contributed by atoms with van der Waals surface area (Å²) in [6, 6.07) is 8.97. The number of hydrogen-bond donors (Lipinski definition) is 0. The molecule has 0 unspecified atom stereocenters. The van der Waals surface area contributed by atoms with E-state index >= 15 is 0 Å². The molecule has 1 rings (SSSR count). The molecule has 6 heteroatoms. The van der Waals surface area contributed by atoms with Gasteiger partial charge >= 0.3 is 23.1 Å². The minimum Gasteiger partial charge on any atom is -1.00 e. The zero-order valence-electron chi connectivity index (χ0n) is 8.07. The van der Waals surface area contributed by atoms with Crippen molar-refractivity contribution in [3.05, 3.63) is 30.3 Å². The van der Waals surface area contributed by atoms with E-state index in [2.05, 4.69) is 6.07 Å². The first-order chi connectivity index (χ1) is 5.55. The van der Waals surface area contributed by atoms with Crippen molar-refractivity contribution in [3.63, 3.8) is 0 Å². The fourth-order valence-corrected chi connectivity index (χ4v) is 1.66. The molecule has 0 aromatic heterocycles. The molecule has 1 aromatic carbocycles. The molecule has 0 N–H and O–H groups in total. The van der Waals surface area contributed by atoms with E-state index < -0.39 is 10.0 Å². The van der Waals surface area contributed by atoms with Crippen LogP contribution in [0.1, 0.15) is 0 Å². The second-order valence-electron chi connectivity index (χ2n) is 2.52. The summed E-state index contributed by atoms with van der Waals surface area (Å²) in [5.74, 6) is 0. The number of sulfonamides is 1. The molecule has 0 aliphatic carbocycles. The number of rotatable bonds is 2. The maximum absolute atomic E-state index is 11.4. The molecule has 0 radical (unpaired) electrons. The number of benzene rings is 1.